The lowest BCUT2D eigenvalue weighted by molar-refractivity contribution is 0.331. The van der Waals surface area contributed by atoms with Crippen molar-refractivity contribution in [2.24, 2.45) is 5.92 Å². The van der Waals surface area contributed by atoms with E-state index < -0.39 is 0 Å². The summed E-state index contributed by atoms with van der Waals surface area (Å²) in [4.78, 5) is 14.7. The van der Waals surface area contributed by atoms with Gasteiger partial charge in [-0.25, -0.2) is 4.68 Å². The Morgan fingerprint density at radius 1 is 1.19 bits per heavy atom. The van der Waals surface area contributed by atoms with Gasteiger partial charge in [0.1, 0.15) is 0 Å². The fourth-order valence-corrected chi connectivity index (χ4v) is 4.30. The molecule has 4 heterocycles. The summed E-state index contributed by atoms with van der Waals surface area (Å²) in [5.74, 6) is 1.27. The molecule has 7 nitrogen and oxygen atoms in total. The maximum Gasteiger partial charge on any atom is 0.267 e. The molecule has 7 heteroatoms. The van der Waals surface area contributed by atoms with Gasteiger partial charge in [-0.2, -0.15) is 10.2 Å². The topological polar surface area (TPSA) is 77.1 Å². The summed E-state index contributed by atoms with van der Waals surface area (Å²) in [5, 5.41) is 14.0. The highest BCUT2D eigenvalue weighted by Gasteiger charge is 2.24. The SMILES string of the molecule is O=c1cc2c(nn1CC1CCN(c3nncc4ccoc34)CC1)CCCC2. The molecule has 0 N–H and O–H groups in total. The number of anilines is 1. The Morgan fingerprint density at radius 3 is 2.93 bits per heavy atom. The molecule has 0 radical (unpaired) electrons. The van der Waals surface area contributed by atoms with Crippen LogP contribution in [-0.4, -0.2) is 33.1 Å². The number of piperidine rings is 1. The summed E-state index contributed by atoms with van der Waals surface area (Å²) in [5.41, 5.74) is 3.13. The molecule has 140 valence electrons. The van der Waals surface area contributed by atoms with Crippen LogP contribution in [0.4, 0.5) is 5.82 Å². The third-order valence-corrected chi connectivity index (χ3v) is 5.87. The van der Waals surface area contributed by atoms with Crippen molar-refractivity contribution in [1.29, 1.82) is 0 Å². The van der Waals surface area contributed by atoms with E-state index in [4.69, 9.17) is 4.42 Å². The summed E-state index contributed by atoms with van der Waals surface area (Å²) in [7, 11) is 0. The average Bonchev–Trinajstić information content (AvgIpc) is 3.18. The van der Waals surface area contributed by atoms with Gasteiger partial charge >= 0.3 is 0 Å². The second kappa shape index (κ2) is 6.79. The predicted molar refractivity (Wildman–Crippen MR) is 102 cm³/mol. The summed E-state index contributed by atoms with van der Waals surface area (Å²) in [6, 6.07) is 3.72. The molecule has 3 aromatic heterocycles. The van der Waals surface area contributed by atoms with E-state index in [0.29, 0.717) is 12.5 Å². The molecule has 0 amide bonds. The molecule has 0 saturated carbocycles. The molecular formula is C20H23N5O2. The van der Waals surface area contributed by atoms with Gasteiger partial charge in [0.15, 0.2) is 11.4 Å². The number of fused-ring (bicyclic) bond motifs is 2. The molecule has 27 heavy (non-hydrogen) atoms. The molecule has 0 atom stereocenters. The van der Waals surface area contributed by atoms with Gasteiger partial charge in [0.05, 0.1) is 18.2 Å². The molecule has 0 unspecified atom stereocenters. The van der Waals surface area contributed by atoms with Crippen molar-refractivity contribution < 1.29 is 4.42 Å². The monoisotopic (exact) mass is 365 g/mol. The minimum atomic E-state index is 0.0456. The van der Waals surface area contributed by atoms with Crippen molar-refractivity contribution in [3.05, 3.63) is 46.2 Å². The lowest BCUT2D eigenvalue weighted by Crippen LogP contribution is -2.37. The van der Waals surface area contributed by atoms with Crippen LogP contribution in [0.15, 0.2) is 33.8 Å². The molecule has 5 rings (SSSR count). The zero-order valence-corrected chi connectivity index (χ0v) is 15.3. The first-order valence-electron chi connectivity index (χ1n) is 9.82. The lowest BCUT2D eigenvalue weighted by Gasteiger charge is -2.32. The Morgan fingerprint density at radius 2 is 2.04 bits per heavy atom. The molecule has 0 bridgehead atoms. The second-order valence-corrected chi connectivity index (χ2v) is 7.65. The smallest absolute Gasteiger partial charge is 0.267 e. The number of aromatic nitrogens is 4. The zero-order valence-electron chi connectivity index (χ0n) is 15.3. The van der Waals surface area contributed by atoms with Crippen LogP contribution in [0, 0.1) is 5.92 Å². The van der Waals surface area contributed by atoms with E-state index in [2.05, 4.69) is 20.2 Å². The molecule has 0 aromatic carbocycles. The quantitative estimate of drug-likeness (QED) is 0.710. The Labute approximate surface area is 157 Å². The number of hydrogen-bond donors (Lipinski definition) is 0. The second-order valence-electron chi connectivity index (χ2n) is 7.65. The highest BCUT2D eigenvalue weighted by Crippen LogP contribution is 2.28. The normalized spacial score (nSPS) is 18.0. The van der Waals surface area contributed by atoms with E-state index in [1.165, 1.54) is 12.8 Å². The van der Waals surface area contributed by atoms with Crippen LogP contribution in [0.3, 0.4) is 0 Å². The van der Waals surface area contributed by atoms with Gasteiger partial charge in [-0.3, -0.25) is 4.79 Å². The van der Waals surface area contributed by atoms with Crippen LogP contribution in [-0.2, 0) is 19.4 Å². The van der Waals surface area contributed by atoms with E-state index in [1.807, 2.05) is 12.1 Å². The fraction of sp³-hybridized carbons (Fsp3) is 0.500. The molecule has 0 spiro atoms. The van der Waals surface area contributed by atoms with Crippen molar-refractivity contribution in [2.75, 3.05) is 18.0 Å². The number of furan rings is 1. The molecule has 1 saturated heterocycles. The van der Waals surface area contributed by atoms with Crippen LogP contribution in [0.1, 0.15) is 36.9 Å². The van der Waals surface area contributed by atoms with E-state index in [0.717, 1.165) is 66.8 Å². The van der Waals surface area contributed by atoms with Crippen molar-refractivity contribution in [3.63, 3.8) is 0 Å². The molecule has 2 aliphatic rings. The first-order chi connectivity index (χ1) is 13.3. The third kappa shape index (κ3) is 3.11. The van der Waals surface area contributed by atoms with E-state index in [1.54, 1.807) is 17.1 Å². The van der Waals surface area contributed by atoms with Gasteiger partial charge in [-0.15, -0.1) is 5.10 Å². The summed E-state index contributed by atoms with van der Waals surface area (Å²) in [6.07, 6.45) is 9.75. The minimum Gasteiger partial charge on any atom is -0.460 e. The highest BCUT2D eigenvalue weighted by atomic mass is 16.3. The number of aryl methyl sites for hydroxylation is 2. The highest BCUT2D eigenvalue weighted by molar-refractivity contribution is 5.86. The largest absolute Gasteiger partial charge is 0.460 e. The van der Waals surface area contributed by atoms with Crippen molar-refractivity contribution >= 4 is 16.8 Å². The Kier molecular flexibility index (Phi) is 4.14. The Hall–Kier alpha value is -2.70. The number of hydrogen-bond acceptors (Lipinski definition) is 6. The first-order valence-corrected chi connectivity index (χ1v) is 9.82. The van der Waals surface area contributed by atoms with Gasteiger partial charge in [-0.05, 0) is 56.1 Å². The Bertz CT molecular complexity index is 1020. The van der Waals surface area contributed by atoms with Crippen LogP contribution >= 0.6 is 0 Å². The van der Waals surface area contributed by atoms with Crippen molar-refractivity contribution in [3.8, 4) is 0 Å². The third-order valence-electron chi connectivity index (χ3n) is 5.87. The predicted octanol–water partition coefficient (Wildman–Crippen LogP) is 2.57. The molecule has 1 fully saturated rings. The first kappa shape index (κ1) is 16.5. The summed E-state index contributed by atoms with van der Waals surface area (Å²) >= 11 is 0. The number of nitrogens with zero attached hydrogens (tertiary/aromatic N) is 5. The van der Waals surface area contributed by atoms with Crippen LogP contribution in [0.2, 0.25) is 0 Å². The summed E-state index contributed by atoms with van der Waals surface area (Å²) < 4.78 is 7.29. The maximum atomic E-state index is 12.4. The van der Waals surface area contributed by atoms with Crippen LogP contribution < -0.4 is 10.5 Å². The van der Waals surface area contributed by atoms with Gasteiger partial charge in [0.25, 0.3) is 5.56 Å². The average molecular weight is 365 g/mol. The molecule has 1 aliphatic carbocycles. The molecule has 1 aliphatic heterocycles. The van der Waals surface area contributed by atoms with Gasteiger partial charge in [0.2, 0.25) is 0 Å². The van der Waals surface area contributed by atoms with Crippen molar-refractivity contribution in [2.45, 2.75) is 45.1 Å². The molecule has 3 aromatic rings. The van der Waals surface area contributed by atoms with Gasteiger partial charge in [0, 0.05) is 31.1 Å². The van der Waals surface area contributed by atoms with E-state index in [9.17, 15) is 4.79 Å². The Balaban J connectivity index is 1.29. The van der Waals surface area contributed by atoms with Crippen molar-refractivity contribution in [1.82, 2.24) is 20.0 Å². The zero-order chi connectivity index (χ0) is 18.2. The van der Waals surface area contributed by atoms with E-state index >= 15 is 0 Å². The standard InChI is InChI=1S/C20H23N5O2/c26-18-11-15-3-1-2-4-17(15)23-25(18)13-14-5-8-24(9-6-14)20-19-16(7-10-27-19)12-21-22-20/h7,10-12,14H,1-6,8-9,13H2. The minimum absolute atomic E-state index is 0.0456. The van der Waals surface area contributed by atoms with E-state index in [-0.39, 0.29) is 5.56 Å². The number of rotatable bonds is 3. The van der Waals surface area contributed by atoms with Gasteiger partial charge in [-0.1, -0.05) is 0 Å². The fourth-order valence-electron chi connectivity index (χ4n) is 4.30. The van der Waals surface area contributed by atoms with Crippen LogP contribution in [0.25, 0.3) is 11.0 Å². The van der Waals surface area contributed by atoms with Crippen LogP contribution in [0.5, 0.6) is 0 Å². The molecular weight excluding hydrogens is 342 g/mol. The maximum absolute atomic E-state index is 12.4. The summed E-state index contributed by atoms with van der Waals surface area (Å²) in [6.45, 7) is 2.48. The lowest BCUT2D eigenvalue weighted by atomic mass is 9.96. The van der Waals surface area contributed by atoms with Gasteiger partial charge < -0.3 is 9.32 Å².